The van der Waals surface area contributed by atoms with E-state index in [1.165, 1.54) is 25.7 Å². The number of piperidine rings is 1. The maximum Gasteiger partial charge on any atom is 0.223 e. The van der Waals surface area contributed by atoms with Crippen molar-refractivity contribution in [2.75, 3.05) is 36.0 Å². The zero-order chi connectivity index (χ0) is 16.4. The highest BCUT2D eigenvalue weighted by atomic mass is 16.5. The van der Waals surface area contributed by atoms with Crippen LogP contribution in [0.5, 0.6) is 0 Å². The molecule has 4 heterocycles. The fourth-order valence-corrected chi connectivity index (χ4v) is 3.75. The summed E-state index contributed by atoms with van der Waals surface area (Å²) in [6.45, 7) is 6.10. The van der Waals surface area contributed by atoms with Gasteiger partial charge in [0, 0.05) is 45.6 Å². The summed E-state index contributed by atoms with van der Waals surface area (Å²) in [5.41, 5.74) is 0. The number of hydrogen-bond acceptors (Lipinski definition) is 7. The molecule has 0 spiro atoms. The van der Waals surface area contributed by atoms with E-state index in [1.807, 2.05) is 6.92 Å². The van der Waals surface area contributed by atoms with Crippen molar-refractivity contribution in [1.29, 1.82) is 0 Å². The maximum atomic E-state index is 5.09. The standard InChI is InChI=1S/C17H24N6O/c1-13-20-15(21-24-13)9-14-5-4-8-23(11-14)17-10-16(18-12-19-17)22-6-2-3-7-22/h10,12,14H,2-9,11H2,1H3. The summed E-state index contributed by atoms with van der Waals surface area (Å²) in [4.78, 5) is 18.1. The first-order chi connectivity index (χ1) is 11.8. The number of hydrogen-bond donors (Lipinski definition) is 0. The summed E-state index contributed by atoms with van der Waals surface area (Å²) in [7, 11) is 0. The molecular formula is C17H24N6O. The van der Waals surface area contributed by atoms with Crippen molar-refractivity contribution in [1.82, 2.24) is 20.1 Å². The number of aromatic nitrogens is 4. The van der Waals surface area contributed by atoms with Crippen LogP contribution in [0, 0.1) is 12.8 Å². The smallest absolute Gasteiger partial charge is 0.223 e. The van der Waals surface area contributed by atoms with E-state index in [2.05, 4.69) is 36.0 Å². The topological polar surface area (TPSA) is 71.2 Å². The van der Waals surface area contributed by atoms with E-state index in [1.54, 1.807) is 6.33 Å². The third kappa shape index (κ3) is 3.34. The first-order valence-corrected chi connectivity index (χ1v) is 8.89. The molecule has 4 rings (SSSR count). The first kappa shape index (κ1) is 15.4. The van der Waals surface area contributed by atoms with Gasteiger partial charge in [-0.1, -0.05) is 5.16 Å². The molecule has 2 aliphatic heterocycles. The molecule has 0 radical (unpaired) electrons. The van der Waals surface area contributed by atoms with Crippen molar-refractivity contribution in [2.24, 2.45) is 5.92 Å². The van der Waals surface area contributed by atoms with Crippen molar-refractivity contribution in [2.45, 2.75) is 39.0 Å². The zero-order valence-corrected chi connectivity index (χ0v) is 14.2. The van der Waals surface area contributed by atoms with E-state index < -0.39 is 0 Å². The van der Waals surface area contributed by atoms with Crippen LogP contribution < -0.4 is 9.80 Å². The van der Waals surface area contributed by atoms with Crippen molar-refractivity contribution in [3.05, 3.63) is 24.1 Å². The van der Waals surface area contributed by atoms with Gasteiger partial charge in [0.05, 0.1) is 0 Å². The molecule has 1 unspecified atom stereocenters. The van der Waals surface area contributed by atoms with E-state index in [9.17, 15) is 0 Å². The molecule has 2 saturated heterocycles. The van der Waals surface area contributed by atoms with Crippen LogP contribution in [-0.2, 0) is 6.42 Å². The molecule has 0 N–H and O–H groups in total. The molecule has 0 amide bonds. The minimum atomic E-state index is 0.543. The van der Waals surface area contributed by atoms with Crippen LogP contribution in [0.1, 0.15) is 37.4 Å². The average Bonchev–Trinajstić information content (AvgIpc) is 3.27. The van der Waals surface area contributed by atoms with Gasteiger partial charge in [0.15, 0.2) is 5.82 Å². The fourth-order valence-electron chi connectivity index (χ4n) is 3.75. The number of nitrogens with zero attached hydrogens (tertiary/aromatic N) is 6. The lowest BCUT2D eigenvalue weighted by Gasteiger charge is -2.33. The Morgan fingerprint density at radius 3 is 2.58 bits per heavy atom. The van der Waals surface area contributed by atoms with Gasteiger partial charge in [-0.3, -0.25) is 0 Å². The Hall–Kier alpha value is -2.18. The molecular weight excluding hydrogens is 304 g/mol. The predicted octanol–water partition coefficient (Wildman–Crippen LogP) is 2.23. The summed E-state index contributed by atoms with van der Waals surface area (Å²) < 4.78 is 5.09. The second-order valence-electron chi connectivity index (χ2n) is 6.82. The van der Waals surface area contributed by atoms with Gasteiger partial charge in [-0.2, -0.15) is 4.98 Å². The molecule has 2 aromatic rings. The molecule has 0 saturated carbocycles. The lowest BCUT2D eigenvalue weighted by atomic mass is 9.94. The minimum absolute atomic E-state index is 0.543. The monoisotopic (exact) mass is 328 g/mol. The summed E-state index contributed by atoms with van der Waals surface area (Å²) in [5.74, 6) is 4.11. The fraction of sp³-hybridized carbons (Fsp3) is 0.647. The summed E-state index contributed by atoms with van der Waals surface area (Å²) >= 11 is 0. The van der Waals surface area contributed by atoms with Gasteiger partial charge in [-0.15, -0.1) is 0 Å². The van der Waals surface area contributed by atoms with Crippen LogP contribution in [0.15, 0.2) is 16.9 Å². The normalized spacial score (nSPS) is 21.5. The number of aryl methyl sites for hydroxylation is 1. The number of rotatable bonds is 4. The first-order valence-electron chi connectivity index (χ1n) is 8.89. The summed E-state index contributed by atoms with van der Waals surface area (Å²) in [5, 5.41) is 4.04. The Balaban J connectivity index is 1.44. The van der Waals surface area contributed by atoms with E-state index in [-0.39, 0.29) is 0 Å². The molecule has 2 aromatic heterocycles. The van der Waals surface area contributed by atoms with Crippen LogP contribution >= 0.6 is 0 Å². The summed E-state index contributed by atoms with van der Waals surface area (Å²) in [6.07, 6.45) is 7.47. The molecule has 7 nitrogen and oxygen atoms in total. The maximum absolute atomic E-state index is 5.09. The van der Waals surface area contributed by atoms with E-state index in [0.29, 0.717) is 11.8 Å². The van der Waals surface area contributed by atoms with E-state index in [0.717, 1.165) is 50.1 Å². The van der Waals surface area contributed by atoms with Crippen molar-refractivity contribution >= 4 is 11.6 Å². The lowest BCUT2D eigenvalue weighted by Crippen LogP contribution is -2.37. The molecule has 7 heteroatoms. The zero-order valence-electron chi connectivity index (χ0n) is 14.2. The van der Waals surface area contributed by atoms with Crippen LogP contribution in [0.3, 0.4) is 0 Å². The molecule has 2 fully saturated rings. The molecule has 0 bridgehead atoms. The van der Waals surface area contributed by atoms with Gasteiger partial charge >= 0.3 is 0 Å². The van der Waals surface area contributed by atoms with Crippen molar-refractivity contribution in [3.63, 3.8) is 0 Å². The third-order valence-electron chi connectivity index (χ3n) is 4.95. The van der Waals surface area contributed by atoms with Gasteiger partial charge in [-0.05, 0) is 31.6 Å². The Morgan fingerprint density at radius 2 is 1.83 bits per heavy atom. The van der Waals surface area contributed by atoms with Gasteiger partial charge in [0.25, 0.3) is 0 Å². The van der Waals surface area contributed by atoms with E-state index >= 15 is 0 Å². The molecule has 24 heavy (non-hydrogen) atoms. The van der Waals surface area contributed by atoms with Crippen molar-refractivity contribution in [3.8, 4) is 0 Å². The lowest BCUT2D eigenvalue weighted by molar-refractivity contribution is 0.369. The molecule has 0 aromatic carbocycles. The Morgan fingerprint density at radius 1 is 1.08 bits per heavy atom. The van der Waals surface area contributed by atoms with Gasteiger partial charge in [-0.25, -0.2) is 9.97 Å². The third-order valence-corrected chi connectivity index (χ3v) is 4.95. The Labute approximate surface area is 142 Å². The van der Waals surface area contributed by atoms with Crippen LogP contribution in [0.2, 0.25) is 0 Å². The molecule has 2 aliphatic rings. The average molecular weight is 328 g/mol. The van der Waals surface area contributed by atoms with E-state index in [4.69, 9.17) is 4.52 Å². The highest BCUT2D eigenvalue weighted by molar-refractivity contribution is 5.50. The Kier molecular flexibility index (Phi) is 4.32. The molecule has 1 atom stereocenters. The molecule has 128 valence electrons. The predicted molar refractivity (Wildman–Crippen MR) is 91.2 cm³/mol. The van der Waals surface area contributed by atoms with Gasteiger partial charge < -0.3 is 14.3 Å². The van der Waals surface area contributed by atoms with Crippen LogP contribution in [0.25, 0.3) is 0 Å². The molecule has 0 aliphatic carbocycles. The quantitative estimate of drug-likeness (QED) is 0.852. The number of anilines is 2. The minimum Gasteiger partial charge on any atom is -0.356 e. The van der Waals surface area contributed by atoms with Crippen LogP contribution in [0.4, 0.5) is 11.6 Å². The Bertz CT molecular complexity index is 681. The van der Waals surface area contributed by atoms with Crippen molar-refractivity contribution < 1.29 is 4.52 Å². The SMILES string of the molecule is Cc1nc(CC2CCCN(c3cc(N4CCCC4)ncn3)C2)no1. The van der Waals surface area contributed by atoms with Gasteiger partial charge in [0.2, 0.25) is 5.89 Å². The highest BCUT2D eigenvalue weighted by Crippen LogP contribution is 2.26. The van der Waals surface area contributed by atoms with Gasteiger partial charge in [0.1, 0.15) is 18.0 Å². The second-order valence-corrected chi connectivity index (χ2v) is 6.82. The van der Waals surface area contributed by atoms with Crippen LogP contribution in [-0.4, -0.2) is 46.3 Å². The second kappa shape index (κ2) is 6.75. The summed E-state index contributed by atoms with van der Waals surface area (Å²) in [6, 6.07) is 2.15. The largest absolute Gasteiger partial charge is 0.356 e. The highest BCUT2D eigenvalue weighted by Gasteiger charge is 2.24.